The molecule has 1 saturated heterocycles. The first-order valence-electron chi connectivity index (χ1n) is 10.3. The number of nitrogens with one attached hydrogen (secondary N) is 2. The zero-order valence-electron chi connectivity index (χ0n) is 17.2. The maximum absolute atomic E-state index is 14.6. The van der Waals surface area contributed by atoms with Gasteiger partial charge in [-0.05, 0) is 52.1 Å². The summed E-state index contributed by atoms with van der Waals surface area (Å²) in [6.45, 7) is 5.63. The average Bonchev–Trinajstić information content (AvgIpc) is 3.40. The summed E-state index contributed by atoms with van der Waals surface area (Å²) in [7, 11) is 1.93. The molecule has 0 unspecified atom stereocenters. The van der Waals surface area contributed by atoms with Gasteiger partial charge in [-0.15, -0.1) is 11.3 Å². The molecule has 0 bridgehead atoms. The molecule has 0 atom stereocenters. The number of Topliss-reactive ketones (excluding diaryl/α,β-unsaturated/α-hetero) is 1. The first-order valence-corrected chi connectivity index (χ1v) is 11.1. The molecule has 1 saturated carbocycles. The fourth-order valence-electron chi connectivity index (χ4n) is 4.09. The Morgan fingerprint density at radius 1 is 1.38 bits per heavy atom. The Balaban J connectivity index is 1.60. The van der Waals surface area contributed by atoms with Crippen molar-refractivity contribution in [3.8, 4) is 10.6 Å². The molecular formula is C21H28FN5OS. The Morgan fingerprint density at radius 3 is 2.69 bits per heavy atom. The van der Waals surface area contributed by atoms with Gasteiger partial charge in [0.05, 0.1) is 11.1 Å². The molecule has 3 heterocycles. The van der Waals surface area contributed by atoms with Crippen molar-refractivity contribution in [2.24, 2.45) is 0 Å². The number of halogens is 1. The van der Waals surface area contributed by atoms with E-state index in [9.17, 15) is 9.18 Å². The Morgan fingerprint density at radius 2 is 2.10 bits per heavy atom. The minimum atomic E-state index is -0.454. The van der Waals surface area contributed by atoms with Gasteiger partial charge >= 0.3 is 0 Å². The van der Waals surface area contributed by atoms with Crippen molar-refractivity contribution in [1.29, 1.82) is 0 Å². The van der Waals surface area contributed by atoms with Crippen LogP contribution < -0.4 is 10.7 Å². The van der Waals surface area contributed by atoms with E-state index in [0.29, 0.717) is 10.8 Å². The van der Waals surface area contributed by atoms with Crippen LogP contribution >= 0.6 is 11.3 Å². The van der Waals surface area contributed by atoms with E-state index in [1.54, 1.807) is 6.92 Å². The normalized spacial score (nSPS) is 19.3. The van der Waals surface area contributed by atoms with E-state index in [4.69, 9.17) is 0 Å². The topological polar surface area (TPSA) is 70.2 Å². The molecule has 2 aromatic heterocycles. The number of ketones is 1. The van der Waals surface area contributed by atoms with Crippen molar-refractivity contribution in [3.63, 3.8) is 0 Å². The van der Waals surface area contributed by atoms with Crippen LogP contribution in [0.1, 0.15) is 61.2 Å². The summed E-state index contributed by atoms with van der Waals surface area (Å²) in [4.78, 5) is 22.7. The van der Waals surface area contributed by atoms with Gasteiger partial charge in [-0.2, -0.15) is 0 Å². The maximum atomic E-state index is 14.6. The predicted molar refractivity (Wildman–Crippen MR) is 114 cm³/mol. The molecular weight excluding hydrogens is 389 g/mol. The van der Waals surface area contributed by atoms with Gasteiger partial charge in [-0.25, -0.2) is 19.4 Å². The molecule has 0 aromatic carbocycles. The molecule has 8 heteroatoms. The summed E-state index contributed by atoms with van der Waals surface area (Å²) in [5, 5.41) is 5.53. The van der Waals surface area contributed by atoms with Gasteiger partial charge in [-0.3, -0.25) is 10.2 Å². The van der Waals surface area contributed by atoms with E-state index in [2.05, 4.69) is 32.6 Å². The smallest absolute Gasteiger partial charge is 0.223 e. The summed E-state index contributed by atoms with van der Waals surface area (Å²) < 4.78 is 14.6. The van der Waals surface area contributed by atoms with E-state index in [0.717, 1.165) is 55.6 Å². The molecule has 0 radical (unpaired) electrons. The number of carbonyl (C=O) groups is 1. The predicted octanol–water partition coefficient (Wildman–Crippen LogP) is 4.00. The molecule has 1 aliphatic heterocycles. The third kappa shape index (κ3) is 4.06. The standard InChI is InChI=1S/C21H28FN5OS/c1-4-21(7-8-21)19-15(13(2)28)11-17(29-19)18-16(22)12-24-20(26-18)25-14-5-9-27(23-3)10-6-14/h11-12,14,23H,4-10H2,1-3H3,(H,24,25,26). The zero-order valence-corrected chi connectivity index (χ0v) is 18.0. The third-order valence-electron chi connectivity index (χ3n) is 6.25. The van der Waals surface area contributed by atoms with Crippen molar-refractivity contribution in [2.75, 3.05) is 25.5 Å². The summed E-state index contributed by atoms with van der Waals surface area (Å²) >= 11 is 1.51. The Labute approximate surface area is 174 Å². The molecule has 2 aromatic rings. The number of thiophene rings is 1. The SMILES string of the molecule is CCC1(c2sc(-c3nc(NC4CCN(NC)CC4)ncc3F)cc2C(C)=O)CC1. The lowest BCUT2D eigenvalue weighted by atomic mass is 9.96. The number of hydrazine groups is 1. The first kappa shape index (κ1) is 20.4. The van der Waals surface area contributed by atoms with Gasteiger partial charge in [0.25, 0.3) is 0 Å². The molecule has 0 spiro atoms. The maximum Gasteiger partial charge on any atom is 0.223 e. The number of piperidine rings is 1. The Kier molecular flexibility index (Phi) is 5.68. The van der Waals surface area contributed by atoms with E-state index in [1.165, 1.54) is 17.5 Å². The van der Waals surface area contributed by atoms with Crippen LogP contribution in [0, 0.1) is 5.82 Å². The van der Waals surface area contributed by atoms with Gasteiger partial charge in [0.15, 0.2) is 11.6 Å². The Bertz CT molecular complexity index is 902. The molecule has 0 amide bonds. The van der Waals surface area contributed by atoms with E-state index in [1.807, 2.05) is 13.1 Å². The lowest BCUT2D eigenvalue weighted by Gasteiger charge is -2.31. The number of aromatic nitrogens is 2. The molecule has 156 valence electrons. The van der Waals surface area contributed by atoms with Gasteiger partial charge < -0.3 is 5.32 Å². The molecule has 1 aliphatic carbocycles. The number of nitrogens with zero attached hydrogens (tertiary/aromatic N) is 3. The fourth-order valence-corrected chi connectivity index (χ4v) is 5.61. The molecule has 6 nitrogen and oxygen atoms in total. The third-order valence-corrected chi connectivity index (χ3v) is 7.63. The first-order chi connectivity index (χ1) is 14.0. The highest BCUT2D eigenvalue weighted by molar-refractivity contribution is 7.16. The highest BCUT2D eigenvalue weighted by atomic mass is 32.1. The van der Waals surface area contributed by atoms with E-state index < -0.39 is 5.82 Å². The van der Waals surface area contributed by atoms with Crippen LogP contribution in [-0.2, 0) is 5.41 Å². The lowest BCUT2D eigenvalue weighted by molar-refractivity contribution is 0.101. The quantitative estimate of drug-likeness (QED) is 0.664. The van der Waals surface area contributed by atoms with Crippen LogP contribution in [0.5, 0.6) is 0 Å². The number of hydrogen-bond donors (Lipinski definition) is 2. The van der Waals surface area contributed by atoms with Crippen LogP contribution in [0.25, 0.3) is 10.6 Å². The van der Waals surface area contributed by atoms with Crippen LogP contribution in [0.3, 0.4) is 0 Å². The monoisotopic (exact) mass is 417 g/mol. The van der Waals surface area contributed by atoms with Crippen LogP contribution in [0.2, 0.25) is 0 Å². The van der Waals surface area contributed by atoms with E-state index in [-0.39, 0.29) is 22.9 Å². The largest absolute Gasteiger partial charge is 0.351 e. The van der Waals surface area contributed by atoms with Crippen LogP contribution in [-0.4, -0.2) is 46.9 Å². The minimum absolute atomic E-state index is 0.0336. The van der Waals surface area contributed by atoms with Crippen molar-refractivity contribution in [1.82, 2.24) is 20.4 Å². The van der Waals surface area contributed by atoms with Crippen molar-refractivity contribution >= 4 is 23.1 Å². The summed E-state index contributed by atoms with van der Waals surface area (Å²) in [6.07, 6.45) is 6.34. The van der Waals surface area contributed by atoms with Gasteiger partial charge in [0.1, 0.15) is 5.69 Å². The second-order valence-electron chi connectivity index (χ2n) is 8.06. The summed E-state index contributed by atoms with van der Waals surface area (Å²) in [6, 6.07) is 2.08. The van der Waals surface area contributed by atoms with Gasteiger partial charge in [0.2, 0.25) is 5.95 Å². The number of hydrogen-bond acceptors (Lipinski definition) is 7. The molecule has 4 rings (SSSR count). The second-order valence-corrected chi connectivity index (χ2v) is 9.12. The fraction of sp³-hybridized carbons (Fsp3) is 0.571. The summed E-state index contributed by atoms with van der Waals surface area (Å²) in [5.41, 5.74) is 4.25. The van der Waals surface area contributed by atoms with Gasteiger partial charge in [-0.1, -0.05) is 6.92 Å². The van der Waals surface area contributed by atoms with Crippen LogP contribution in [0.15, 0.2) is 12.3 Å². The highest BCUT2D eigenvalue weighted by Crippen LogP contribution is 2.55. The number of anilines is 1. The second kappa shape index (κ2) is 8.08. The van der Waals surface area contributed by atoms with E-state index >= 15 is 0 Å². The van der Waals surface area contributed by atoms with Gasteiger partial charge in [0, 0.05) is 35.0 Å². The average molecular weight is 418 g/mol. The Hall–Kier alpha value is -1.90. The van der Waals surface area contributed by atoms with Crippen molar-refractivity contribution in [2.45, 2.75) is 57.4 Å². The molecule has 2 fully saturated rings. The lowest BCUT2D eigenvalue weighted by Crippen LogP contribution is -2.45. The number of rotatable bonds is 7. The summed E-state index contributed by atoms with van der Waals surface area (Å²) in [5.74, 6) is 0.0244. The minimum Gasteiger partial charge on any atom is -0.351 e. The number of carbonyl (C=O) groups excluding carboxylic acids is 1. The van der Waals surface area contributed by atoms with Crippen molar-refractivity contribution in [3.05, 3.63) is 28.5 Å². The van der Waals surface area contributed by atoms with Crippen molar-refractivity contribution < 1.29 is 9.18 Å². The molecule has 2 N–H and O–H groups in total. The molecule has 2 aliphatic rings. The molecule has 29 heavy (non-hydrogen) atoms. The highest BCUT2D eigenvalue weighted by Gasteiger charge is 2.46. The van der Waals surface area contributed by atoms with Crippen LogP contribution in [0.4, 0.5) is 10.3 Å². The zero-order chi connectivity index (χ0) is 20.6.